The number of amides is 1. The molecule has 3 fully saturated rings. The molecule has 218 valence electrons. The first-order valence-electron chi connectivity index (χ1n) is 14.9. The Labute approximate surface area is 238 Å². The van der Waals surface area contributed by atoms with Crippen LogP contribution in [0.2, 0.25) is 0 Å². The van der Waals surface area contributed by atoms with Gasteiger partial charge in [-0.3, -0.25) is 4.79 Å². The molecule has 0 aliphatic carbocycles. The number of nitrogens with zero attached hydrogens (tertiary/aromatic N) is 6. The third kappa shape index (κ3) is 6.25. The van der Waals surface area contributed by atoms with Gasteiger partial charge in [0.25, 0.3) is 5.91 Å². The van der Waals surface area contributed by atoms with Crippen LogP contribution in [-0.4, -0.2) is 95.5 Å². The average Bonchev–Trinajstić information content (AvgIpc) is 2.90. The third-order valence-corrected chi connectivity index (χ3v) is 9.02. The number of ether oxygens (including phenoxy) is 1. The predicted molar refractivity (Wildman–Crippen MR) is 155 cm³/mol. The van der Waals surface area contributed by atoms with Crippen LogP contribution in [0.5, 0.6) is 11.5 Å². The van der Waals surface area contributed by atoms with E-state index >= 15 is 0 Å². The van der Waals surface area contributed by atoms with Crippen molar-refractivity contribution in [2.24, 2.45) is 11.3 Å². The Morgan fingerprint density at radius 1 is 1.07 bits per heavy atom. The number of anilines is 1. The second-order valence-corrected chi connectivity index (χ2v) is 12.8. The van der Waals surface area contributed by atoms with Crippen molar-refractivity contribution in [2.75, 3.05) is 57.8 Å². The van der Waals surface area contributed by atoms with Gasteiger partial charge in [-0.05, 0) is 111 Å². The number of hydrogen-bond donors (Lipinski definition) is 0. The maximum Gasteiger partial charge on any atom is 0.258 e. The molecule has 0 radical (unpaired) electrons. The number of halogens is 1. The first-order chi connectivity index (χ1) is 19.1. The summed E-state index contributed by atoms with van der Waals surface area (Å²) in [6, 6.07) is 4.04. The van der Waals surface area contributed by atoms with Crippen LogP contribution in [0.15, 0.2) is 30.7 Å². The highest BCUT2D eigenvalue weighted by molar-refractivity contribution is 5.97. The number of likely N-dealkylation sites (tertiary alicyclic amines) is 2. The minimum absolute atomic E-state index is 0.0349. The smallest absolute Gasteiger partial charge is 0.258 e. The van der Waals surface area contributed by atoms with Gasteiger partial charge in [-0.1, -0.05) is 0 Å². The first-order valence-corrected chi connectivity index (χ1v) is 14.9. The summed E-state index contributed by atoms with van der Waals surface area (Å²) in [4.78, 5) is 31.3. The Hall–Kier alpha value is -2.78. The standard InChI is InChI=1S/C31H45FN6O2/c1-22(2)38(23(3)4)30(39)26-16-25(32)6-7-27(26)40-28-17-33-21-34-29(28)37-19-31(20-37)10-14-36(15-11-31)18-24-8-12-35(5)13-9-24/h6-7,16-17,21-24H,8-15,18-20H2,1-5H3. The fourth-order valence-electron chi connectivity index (χ4n) is 6.75. The molecule has 1 spiro atoms. The molecule has 8 nitrogen and oxygen atoms in total. The molecule has 0 unspecified atom stereocenters. The zero-order valence-electron chi connectivity index (χ0n) is 24.8. The Balaban J connectivity index is 1.24. The zero-order chi connectivity index (χ0) is 28.4. The van der Waals surface area contributed by atoms with Crippen LogP contribution < -0.4 is 9.64 Å². The summed E-state index contributed by atoms with van der Waals surface area (Å²) >= 11 is 0. The fourth-order valence-corrected chi connectivity index (χ4v) is 6.75. The van der Waals surface area contributed by atoms with E-state index < -0.39 is 5.82 Å². The molecule has 40 heavy (non-hydrogen) atoms. The molecule has 1 amide bonds. The van der Waals surface area contributed by atoms with Crippen molar-refractivity contribution in [2.45, 2.75) is 65.5 Å². The third-order valence-electron chi connectivity index (χ3n) is 9.02. The maximum atomic E-state index is 14.3. The molecule has 3 aliphatic heterocycles. The zero-order valence-corrected chi connectivity index (χ0v) is 24.8. The highest BCUT2D eigenvalue weighted by atomic mass is 19.1. The van der Waals surface area contributed by atoms with Gasteiger partial charge < -0.3 is 24.3 Å². The summed E-state index contributed by atoms with van der Waals surface area (Å²) < 4.78 is 20.6. The summed E-state index contributed by atoms with van der Waals surface area (Å²) in [5.74, 6) is 1.62. The number of hydrogen-bond acceptors (Lipinski definition) is 7. The Kier molecular flexibility index (Phi) is 8.61. The van der Waals surface area contributed by atoms with E-state index in [1.54, 1.807) is 11.1 Å². The minimum atomic E-state index is -0.473. The molecule has 1 aromatic heterocycles. The summed E-state index contributed by atoms with van der Waals surface area (Å²) in [6.45, 7) is 15.7. The van der Waals surface area contributed by atoms with E-state index in [1.807, 2.05) is 27.7 Å². The molecule has 0 N–H and O–H groups in total. The average molecular weight is 553 g/mol. The number of aromatic nitrogens is 2. The van der Waals surface area contributed by atoms with E-state index in [2.05, 4.69) is 31.7 Å². The van der Waals surface area contributed by atoms with Crippen LogP contribution in [0.25, 0.3) is 0 Å². The van der Waals surface area contributed by atoms with Crippen molar-refractivity contribution >= 4 is 11.7 Å². The summed E-state index contributed by atoms with van der Waals surface area (Å²) in [6.07, 6.45) is 8.21. The van der Waals surface area contributed by atoms with Gasteiger partial charge in [-0.15, -0.1) is 0 Å². The van der Waals surface area contributed by atoms with Crippen molar-refractivity contribution in [3.63, 3.8) is 0 Å². The van der Waals surface area contributed by atoms with Gasteiger partial charge in [0.2, 0.25) is 0 Å². The lowest BCUT2D eigenvalue weighted by atomic mass is 9.72. The van der Waals surface area contributed by atoms with Gasteiger partial charge in [0.05, 0.1) is 11.8 Å². The first kappa shape index (κ1) is 28.7. The number of benzene rings is 1. The lowest BCUT2D eigenvalue weighted by molar-refractivity contribution is 0.0587. The maximum absolute atomic E-state index is 14.3. The lowest BCUT2D eigenvalue weighted by Crippen LogP contribution is -2.61. The van der Waals surface area contributed by atoms with Crippen LogP contribution in [-0.2, 0) is 0 Å². The molecule has 3 aliphatic rings. The van der Waals surface area contributed by atoms with Crippen LogP contribution in [0, 0.1) is 17.2 Å². The summed E-state index contributed by atoms with van der Waals surface area (Å²) in [5.41, 5.74) is 0.520. The predicted octanol–water partition coefficient (Wildman–Crippen LogP) is 4.91. The molecule has 9 heteroatoms. The monoisotopic (exact) mass is 552 g/mol. The second-order valence-electron chi connectivity index (χ2n) is 12.8. The normalized spacial score (nSPS) is 20.2. The molecule has 0 bridgehead atoms. The highest BCUT2D eigenvalue weighted by Gasteiger charge is 2.46. The molecular weight excluding hydrogens is 507 g/mol. The van der Waals surface area contributed by atoms with Crippen LogP contribution in [0.1, 0.15) is 63.7 Å². The van der Waals surface area contributed by atoms with E-state index in [0.717, 1.165) is 37.9 Å². The van der Waals surface area contributed by atoms with Crippen molar-refractivity contribution < 1.29 is 13.9 Å². The number of carbonyl (C=O) groups is 1. The van der Waals surface area contributed by atoms with Crippen LogP contribution in [0.4, 0.5) is 10.2 Å². The van der Waals surface area contributed by atoms with Crippen molar-refractivity contribution in [3.8, 4) is 11.5 Å². The molecular formula is C31H45FN6O2. The van der Waals surface area contributed by atoms with Gasteiger partial charge in [0.15, 0.2) is 11.6 Å². The molecule has 1 aromatic carbocycles. The van der Waals surface area contributed by atoms with Gasteiger partial charge in [-0.25, -0.2) is 14.4 Å². The summed E-state index contributed by atoms with van der Waals surface area (Å²) in [5, 5.41) is 0. The quantitative estimate of drug-likeness (QED) is 0.461. The number of rotatable bonds is 8. The van der Waals surface area contributed by atoms with E-state index in [1.165, 1.54) is 69.8 Å². The second kappa shape index (κ2) is 12.0. The highest BCUT2D eigenvalue weighted by Crippen LogP contribution is 2.45. The Morgan fingerprint density at radius 2 is 1.75 bits per heavy atom. The number of carbonyl (C=O) groups excluding carboxylic acids is 1. The molecule has 3 saturated heterocycles. The van der Waals surface area contributed by atoms with Crippen molar-refractivity contribution in [1.29, 1.82) is 0 Å². The van der Waals surface area contributed by atoms with Gasteiger partial charge in [0.1, 0.15) is 17.9 Å². The van der Waals surface area contributed by atoms with Gasteiger partial charge in [0, 0.05) is 37.1 Å². The number of piperidine rings is 2. The van der Waals surface area contributed by atoms with E-state index in [4.69, 9.17) is 4.74 Å². The topological polar surface area (TPSA) is 65.0 Å². The fraction of sp³-hybridized carbons (Fsp3) is 0.645. The Bertz CT molecular complexity index is 1160. The van der Waals surface area contributed by atoms with Crippen LogP contribution in [0.3, 0.4) is 0 Å². The lowest BCUT2D eigenvalue weighted by Gasteiger charge is -2.54. The SMILES string of the molecule is CC(C)N(C(=O)c1cc(F)ccc1Oc1cncnc1N1CC2(CCN(CC3CCN(C)CC3)CC2)C1)C(C)C. The van der Waals surface area contributed by atoms with Gasteiger partial charge in [-0.2, -0.15) is 0 Å². The van der Waals surface area contributed by atoms with Crippen LogP contribution >= 0.6 is 0 Å². The molecule has 0 saturated carbocycles. The molecule has 2 aromatic rings. The molecule has 5 rings (SSSR count). The summed E-state index contributed by atoms with van der Waals surface area (Å²) in [7, 11) is 2.22. The van der Waals surface area contributed by atoms with Crippen molar-refractivity contribution in [1.82, 2.24) is 24.7 Å². The molecule has 0 atom stereocenters. The molecule has 4 heterocycles. The Morgan fingerprint density at radius 3 is 2.40 bits per heavy atom. The van der Waals surface area contributed by atoms with E-state index in [9.17, 15) is 9.18 Å². The largest absolute Gasteiger partial charge is 0.451 e. The van der Waals surface area contributed by atoms with E-state index in [-0.39, 0.29) is 23.6 Å². The minimum Gasteiger partial charge on any atom is -0.451 e. The van der Waals surface area contributed by atoms with E-state index in [0.29, 0.717) is 16.9 Å². The van der Waals surface area contributed by atoms with Crippen molar-refractivity contribution in [3.05, 3.63) is 42.1 Å². The van der Waals surface area contributed by atoms with Gasteiger partial charge >= 0.3 is 0 Å².